The van der Waals surface area contributed by atoms with Crippen molar-refractivity contribution in [1.82, 2.24) is 0 Å². The Bertz CT molecular complexity index is 576. The zero-order valence-electron chi connectivity index (χ0n) is 11.7. The first-order chi connectivity index (χ1) is 9.67. The molecular formula is C17H18F2O. The largest absolute Gasteiger partial charge is 0.491 e. The van der Waals surface area contributed by atoms with E-state index in [1.54, 1.807) is 13.0 Å². The molecule has 0 unspecified atom stereocenters. The number of hydrogen-bond donors (Lipinski definition) is 0. The fraction of sp³-hybridized carbons (Fsp3) is 0.294. The summed E-state index contributed by atoms with van der Waals surface area (Å²) < 4.78 is 32.9. The van der Waals surface area contributed by atoms with Crippen LogP contribution in [0.1, 0.15) is 25.8 Å². The van der Waals surface area contributed by atoms with Gasteiger partial charge in [0.2, 0.25) is 5.82 Å². The van der Waals surface area contributed by atoms with Crippen molar-refractivity contribution < 1.29 is 13.5 Å². The lowest BCUT2D eigenvalue weighted by atomic mass is 10.0. The molecule has 0 N–H and O–H groups in total. The van der Waals surface area contributed by atoms with Crippen LogP contribution in [0.4, 0.5) is 8.78 Å². The molecule has 0 saturated heterocycles. The number of aryl methyl sites for hydroxylation is 1. The van der Waals surface area contributed by atoms with Crippen LogP contribution in [-0.4, -0.2) is 6.61 Å². The van der Waals surface area contributed by atoms with Gasteiger partial charge in [-0.15, -0.1) is 0 Å². The van der Waals surface area contributed by atoms with Crippen LogP contribution in [0.25, 0.3) is 11.1 Å². The van der Waals surface area contributed by atoms with E-state index < -0.39 is 11.6 Å². The van der Waals surface area contributed by atoms with Gasteiger partial charge < -0.3 is 4.74 Å². The molecule has 2 rings (SSSR count). The predicted molar refractivity (Wildman–Crippen MR) is 77.0 cm³/mol. The van der Waals surface area contributed by atoms with Crippen LogP contribution in [0, 0.1) is 11.6 Å². The van der Waals surface area contributed by atoms with Gasteiger partial charge in [-0.2, -0.15) is 4.39 Å². The second kappa shape index (κ2) is 6.51. The van der Waals surface area contributed by atoms with E-state index in [1.807, 2.05) is 24.3 Å². The highest BCUT2D eigenvalue weighted by Crippen LogP contribution is 2.30. The molecule has 0 aliphatic rings. The minimum absolute atomic E-state index is 0.0450. The minimum atomic E-state index is -0.929. The molecule has 0 aromatic heterocycles. The van der Waals surface area contributed by atoms with Crippen molar-refractivity contribution >= 4 is 0 Å². The van der Waals surface area contributed by atoms with Crippen molar-refractivity contribution in [3.8, 4) is 16.9 Å². The van der Waals surface area contributed by atoms with Gasteiger partial charge in [-0.1, -0.05) is 37.6 Å². The second-order valence-corrected chi connectivity index (χ2v) is 4.62. The average Bonchev–Trinajstić information content (AvgIpc) is 2.46. The van der Waals surface area contributed by atoms with Gasteiger partial charge in [-0.25, -0.2) is 4.39 Å². The van der Waals surface area contributed by atoms with E-state index >= 15 is 0 Å². The summed E-state index contributed by atoms with van der Waals surface area (Å²) in [5.41, 5.74) is 2.13. The molecule has 0 atom stereocenters. The Morgan fingerprint density at radius 3 is 2.20 bits per heavy atom. The van der Waals surface area contributed by atoms with Crippen molar-refractivity contribution in [1.29, 1.82) is 0 Å². The van der Waals surface area contributed by atoms with E-state index in [2.05, 4.69) is 6.92 Å². The van der Waals surface area contributed by atoms with Crippen LogP contribution < -0.4 is 4.74 Å². The molecule has 1 nitrogen and oxygen atoms in total. The zero-order chi connectivity index (χ0) is 14.5. The monoisotopic (exact) mass is 276 g/mol. The molecular weight excluding hydrogens is 258 g/mol. The van der Waals surface area contributed by atoms with E-state index in [9.17, 15) is 8.78 Å². The molecule has 0 aliphatic heterocycles. The molecule has 0 spiro atoms. The highest BCUT2D eigenvalue weighted by Gasteiger charge is 2.15. The summed E-state index contributed by atoms with van der Waals surface area (Å²) in [4.78, 5) is 0. The summed E-state index contributed by atoms with van der Waals surface area (Å²) in [5.74, 6) is -1.84. The van der Waals surface area contributed by atoms with E-state index in [1.165, 1.54) is 11.6 Å². The first-order valence-corrected chi connectivity index (χ1v) is 6.87. The summed E-state index contributed by atoms with van der Waals surface area (Å²) >= 11 is 0. The van der Waals surface area contributed by atoms with E-state index in [-0.39, 0.29) is 11.3 Å². The maximum Gasteiger partial charge on any atom is 0.201 e. The van der Waals surface area contributed by atoms with E-state index in [0.29, 0.717) is 12.2 Å². The third kappa shape index (κ3) is 2.98. The van der Waals surface area contributed by atoms with Gasteiger partial charge in [0, 0.05) is 5.56 Å². The average molecular weight is 276 g/mol. The van der Waals surface area contributed by atoms with Crippen molar-refractivity contribution in [2.45, 2.75) is 26.7 Å². The molecule has 0 bridgehead atoms. The van der Waals surface area contributed by atoms with Crippen molar-refractivity contribution in [2.75, 3.05) is 6.61 Å². The number of hydrogen-bond acceptors (Lipinski definition) is 1. The summed E-state index contributed by atoms with van der Waals surface area (Å²) in [6, 6.07) is 10.6. The Hall–Kier alpha value is -1.90. The quantitative estimate of drug-likeness (QED) is 0.748. The van der Waals surface area contributed by atoms with Crippen LogP contribution in [0.2, 0.25) is 0 Å². The summed E-state index contributed by atoms with van der Waals surface area (Å²) in [5, 5.41) is 0. The second-order valence-electron chi connectivity index (χ2n) is 4.62. The van der Waals surface area contributed by atoms with Crippen LogP contribution in [-0.2, 0) is 6.42 Å². The molecule has 0 radical (unpaired) electrons. The van der Waals surface area contributed by atoms with Crippen molar-refractivity contribution in [3.05, 3.63) is 53.6 Å². The predicted octanol–water partition coefficient (Wildman–Crippen LogP) is 4.98. The maximum atomic E-state index is 14.1. The molecule has 0 amide bonds. The van der Waals surface area contributed by atoms with Gasteiger partial charge in [0.1, 0.15) is 0 Å². The molecule has 0 aliphatic carbocycles. The van der Waals surface area contributed by atoms with Gasteiger partial charge >= 0.3 is 0 Å². The van der Waals surface area contributed by atoms with Gasteiger partial charge in [0.25, 0.3) is 0 Å². The summed E-state index contributed by atoms with van der Waals surface area (Å²) in [7, 11) is 0. The lowest BCUT2D eigenvalue weighted by molar-refractivity contribution is 0.314. The third-order valence-corrected chi connectivity index (χ3v) is 3.15. The van der Waals surface area contributed by atoms with Crippen molar-refractivity contribution in [3.63, 3.8) is 0 Å². The summed E-state index contributed by atoms with van der Waals surface area (Å²) in [6.45, 7) is 4.15. The Labute approximate surface area is 118 Å². The van der Waals surface area contributed by atoms with Crippen LogP contribution >= 0.6 is 0 Å². The van der Waals surface area contributed by atoms with E-state index in [0.717, 1.165) is 12.8 Å². The standard InChI is InChI=1S/C17H18F2O/c1-3-5-12-6-8-13(9-7-12)14-10-11-15(20-4-2)17(19)16(14)18/h6-11H,3-5H2,1-2H3. The first-order valence-electron chi connectivity index (χ1n) is 6.87. The highest BCUT2D eigenvalue weighted by molar-refractivity contribution is 5.65. The molecule has 2 aromatic carbocycles. The molecule has 0 heterocycles. The number of rotatable bonds is 5. The lowest BCUT2D eigenvalue weighted by Crippen LogP contribution is -1.98. The number of halogens is 2. The molecule has 106 valence electrons. The highest BCUT2D eigenvalue weighted by atomic mass is 19.2. The Balaban J connectivity index is 2.35. The van der Waals surface area contributed by atoms with Gasteiger partial charge in [-0.3, -0.25) is 0 Å². The lowest BCUT2D eigenvalue weighted by Gasteiger charge is -2.09. The van der Waals surface area contributed by atoms with Gasteiger partial charge in [0.05, 0.1) is 6.61 Å². The molecule has 0 saturated carbocycles. The molecule has 20 heavy (non-hydrogen) atoms. The van der Waals surface area contributed by atoms with Crippen LogP contribution in [0.15, 0.2) is 36.4 Å². The Kier molecular flexibility index (Phi) is 4.72. The minimum Gasteiger partial charge on any atom is -0.491 e. The van der Waals surface area contributed by atoms with Crippen LogP contribution in [0.5, 0.6) is 5.75 Å². The topological polar surface area (TPSA) is 9.23 Å². The first kappa shape index (κ1) is 14.5. The Morgan fingerprint density at radius 1 is 0.900 bits per heavy atom. The zero-order valence-corrected chi connectivity index (χ0v) is 11.7. The molecule has 2 aromatic rings. The van der Waals surface area contributed by atoms with Gasteiger partial charge in [0.15, 0.2) is 11.6 Å². The SMILES string of the molecule is CCCc1ccc(-c2ccc(OCC)c(F)c2F)cc1. The smallest absolute Gasteiger partial charge is 0.201 e. The third-order valence-electron chi connectivity index (χ3n) is 3.15. The fourth-order valence-corrected chi connectivity index (χ4v) is 2.16. The number of benzene rings is 2. The maximum absolute atomic E-state index is 14.1. The normalized spacial score (nSPS) is 10.6. The van der Waals surface area contributed by atoms with E-state index in [4.69, 9.17) is 4.74 Å². The van der Waals surface area contributed by atoms with Crippen LogP contribution in [0.3, 0.4) is 0 Å². The Morgan fingerprint density at radius 2 is 1.60 bits per heavy atom. The molecule has 0 fully saturated rings. The number of ether oxygens (including phenoxy) is 1. The fourth-order valence-electron chi connectivity index (χ4n) is 2.16. The van der Waals surface area contributed by atoms with Crippen molar-refractivity contribution in [2.24, 2.45) is 0 Å². The van der Waals surface area contributed by atoms with Gasteiger partial charge in [-0.05, 0) is 36.6 Å². The summed E-state index contributed by atoms with van der Waals surface area (Å²) in [6.07, 6.45) is 2.05. The molecule has 3 heteroatoms.